The molecule has 188 valence electrons. The third kappa shape index (κ3) is 6.97. The van der Waals surface area contributed by atoms with Crippen molar-refractivity contribution in [2.24, 2.45) is 5.10 Å². The Labute approximate surface area is 225 Å². The number of anilines is 1. The van der Waals surface area contributed by atoms with E-state index in [-0.39, 0.29) is 37.4 Å². The minimum atomic E-state index is -4.23. The Morgan fingerprint density at radius 2 is 1.75 bits per heavy atom. The van der Waals surface area contributed by atoms with Crippen LogP contribution in [0.3, 0.4) is 0 Å². The van der Waals surface area contributed by atoms with Crippen molar-refractivity contribution in [3.63, 3.8) is 0 Å². The zero-order chi connectivity index (χ0) is 26.5. The van der Waals surface area contributed by atoms with Crippen molar-refractivity contribution in [2.45, 2.75) is 11.8 Å². The third-order valence-electron chi connectivity index (χ3n) is 4.46. The molecule has 0 fully saturated rings. The van der Waals surface area contributed by atoms with Gasteiger partial charge in [0, 0.05) is 17.6 Å². The number of halogens is 3. The Morgan fingerprint density at radius 3 is 2.36 bits per heavy atom. The van der Waals surface area contributed by atoms with Gasteiger partial charge in [-0.1, -0.05) is 23.2 Å². The summed E-state index contributed by atoms with van der Waals surface area (Å²) in [4.78, 5) is 23.3. The van der Waals surface area contributed by atoms with E-state index in [1.54, 1.807) is 0 Å². The molecule has 0 saturated carbocycles. The molecule has 3 rings (SSSR count). The van der Waals surface area contributed by atoms with Crippen LogP contribution in [-0.2, 0) is 14.9 Å². The van der Waals surface area contributed by atoms with Crippen LogP contribution in [0.2, 0.25) is 10.0 Å². The lowest BCUT2D eigenvalue weighted by Gasteiger charge is -2.13. The number of methoxy groups -OCH3 is 1. The minimum Gasteiger partial charge on any atom is -0.493 e. The van der Waals surface area contributed by atoms with Gasteiger partial charge in [0.2, 0.25) is 5.91 Å². The van der Waals surface area contributed by atoms with E-state index >= 15 is 0 Å². The fraction of sp³-hybridized carbons (Fsp3) is 0.0870. The Hall–Kier alpha value is -3.12. The summed E-state index contributed by atoms with van der Waals surface area (Å²) in [6.07, 6.45) is 1.33. The Morgan fingerprint density at radius 1 is 1.06 bits per heavy atom. The molecule has 0 aromatic heterocycles. The number of nitrogens with zero attached hydrogens (tertiary/aromatic N) is 1. The van der Waals surface area contributed by atoms with E-state index in [9.17, 15) is 18.0 Å². The minimum absolute atomic E-state index is 0.0856. The summed E-state index contributed by atoms with van der Waals surface area (Å²) in [5.74, 6) is -0.823. The number of benzene rings is 3. The lowest BCUT2D eigenvalue weighted by Crippen LogP contribution is -2.18. The van der Waals surface area contributed by atoms with E-state index in [1.165, 1.54) is 74.8 Å². The number of amides is 2. The normalized spacial score (nSPS) is 11.2. The first-order chi connectivity index (χ1) is 17.0. The second-order valence-electron chi connectivity index (χ2n) is 7.10. The molecule has 2 N–H and O–H groups in total. The number of nitrogens with one attached hydrogen (secondary N) is 2. The second kappa shape index (κ2) is 11.7. The van der Waals surface area contributed by atoms with E-state index < -0.39 is 16.0 Å². The quantitative estimate of drug-likeness (QED) is 0.203. The summed E-state index contributed by atoms with van der Waals surface area (Å²) in [6.45, 7) is 1.34. The van der Waals surface area contributed by atoms with Gasteiger partial charge < -0.3 is 14.2 Å². The molecule has 36 heavy (non-hydrogen) atoms. The smallest absolute Gasteiger partial charge is 0.339 e. The van der Waals surface area contributed by atoms with Crippen molar-refractivity contribution in [3.05, 3.63) is 80.2 Å². The van der Waals surface area contributed by atoms with Gasteiger partial charge in [-0.2, -0.15) is 13.5 Å². The fourth-order valence-corrected chi connectivity index (χ4v) is 4.96. The van der Waals surface area contributed by atoms with Gasteiger partial charge in [-0.05, 0) is 76.1 Å². The summed E-state index contributed by atoms with van der Waals surface area (Å²) < 4.78 is 36.4. The van der Waals surface area contributed by atoms with Gasteiger partial charge in [0.05, 0.1) is 28.4 Å². The van der Waals surface area contributed by atoms with Crippen molar-refractivity contribution >= 4 is 73.0 Å². The van der Waals surface area contributed by atoms with Crippen LogP contribution in [0.4, 0.5) is 5.69 Å². The molecule has 13 heteroatoms. The van der Waals surface area contributed by atoms with Gasteiger partial charge in [0.1, 0.15) is 4.90 Å². The summed E-state index contributed by atoms with van der Waals surface area (Å²) in [7, 11) is -2.89. The largest absolute Gasteiger partial charge is 0.493 e. The number of carbonyl (C=O) groups is 2. The van der Waals surface area contributed by atoms with Crippen molar-refractivity contribution < 1.29 is 26.9 Å². The van der Waals surface area contributed by atoms with E-state index in [4.69, 9.17) is 32.1 Å². The van der Waals surface area contributed by atoms with Crippen LogP contribution in [0, 0.1) is 0 Å². The van der Waals surface area contributed by atoms with Crippen molar-refractivity contribution in [1.82, 2.24) is 5.43 Å². The lowest BCUT2D eigenvalue weighted by molar-refractivity contribution is -0.114. The highest BCUT2D eigenvalue weighted by atomic mass is 79.9. The highest BCUT2D eigenvalue weighted by Gasteiger charge is 2.22. The number of rotatable bonds is 8. The first-order valence-electron chi connectivity index (χ1n) is 9.98. The molecule has 0 aliphatic rings. The van der Waals surface area contributed by atoms with E-state index in [0.717, 1.165) is 0 Å². The first-order valence-corrected chi connectivity index (χ1v) is 12.9. The Balaban J connectivity index is 1.77. The maximum atomic E-state index is 12.8. The van der Waals surface area contributed by atoms with Gasteiger partial charge in [0.15, 0.2) is 11.5 Å². The van der Waals surface area contributed by atoms with E-state index in [1.807, 2.05) is 0 Å². The summed E-state index contributed by atoms with van der Waals surface area (Å²) in [6, 6.07) is 12.9. The number of hydrazone groups is 1. The highest BCUT2D eigenvalue weighted by molar-refractivity contribution is 9.10. The average Bonchev–Trinajstić information content (AvgIpc) is 2.80. The van der Waals surface area contributed by atoms with Crippen LogP contribution in [0.5, 0.6) is 11.5 Å². The predicted octanol–water partition coefficient (Wildman–Crippen LogP) is 5.25. The van der Waals surface area contributed by atoms with Crippen LogP contribution in [0.1, 0.15) is 22.8 Å². The molecule has 0 atom stereocenters. The van der Waals surface area contributed by atoms with E-state index in [2.05, 4.69) is 31.8 Å². The van der Waals surface area contributed by atoms with Crippen molar-refractivity contribution in [3.8, 4) is 11.5 Å². The molecule has 0 aliphatic carbocycles. The second-order valence-corrected chi connectivity index (χ2v) is 10.3. The van der Waals surface area contributed by atoms with Gasteiger partial charge in [0.25, 0.3) is 5.91 Å². The van der Waals surface area contributed by atoms with Gasteiger partial charge >= 0.3 is 10.1 Å². The summed E-state index contributed by atoms with van der Waals surface area (Å²) >= 11 is 15.1. The molecule has 9 nitrogen and oxygen atoms in total. The maximum Gasteiger partial charge on any atom is 0.339 e. The third-order valence-corrected chi connectivity index (χ3v) is 6.84. The molecular formula is C23H18BrCl2N3O6S. The standard InChI is InChI=1S/C23H18BrCl2N3O6S/c1-13(30)28-16-4-6-17(7-5-16)36(32,33)35-22-19(24)9-14(10-21(22)34-2)12-27-29-23(31)18-8-3-15(25)11-20(18)26/h3-12H,1-2H3,(H,28,30)(H,29,31)/b27-12-. The monoisotopic (exact) mass is 613 g/mol. The van der Waals surface area contributed by atoms with Gasteiger partial charge in [-0.25, -0.2) is 5.43 Å². The van der Waals surface area contributed by atoms with Crippen molar-refractivity contribution in [1.29, 1.82) is 0 Å². The van der Waals surface area contributed by atoms with Crippen molar-refractivity contribution in [2.75, 3.05) is 12.4 Å². The Kier molecular flexibility index (Phi) is 8.96. The van der Waals surface area contributed by atoms with E-state index in [0.29, 0.717) is 16.3 Å². The van der Waals surface area contributed by atoms with Crippen LogP contribution in [0.25, 0.3) is 0 Å². The molecule has 3 aromatic rings. The number of hydrogen-bond donors (Lipinski definition) is 2. The number of ether oxygens (including phenoxy) is 1. The van der Waals surface area contributed by atoms with Crippen LogP contribution >= 0.6 is 39.1 Å². The maximum absolute atomic E-state index is 12.8. The molecule has 0 spiro atoms. The van der Waals surface area contributed by atoms with Crippen LogP contribution in [-0.4, -0.2) is 33.6 Å². The summed E-state index contributed by atoms with van der Waals surface area (Å²) in [5.41, 5.74) is 3.44. The fourth-order valence-electron chi connectivity index (χ4n) is 2.86. The molecule has 0 heterocycles. The topological polar surface area (TPSA) is 123 Å². The summed E-state index contributed by atoms with van der Waals surface area (Å²) in [5, 5.41) is 7.01. The number of carbonyl (C=O) groups excluding carboxylic acids is 2. The molecule has 3 aromatic carbocycles. The molecule has 0 aliphatic heterocycles. The number of hydrogen-bond acceptors (Lipinski definition) is 7. The van der Waals surface area contributed by atoms with Crippen LogP contribution in [0.15, 0.2) is 69.1 Å². The molecule has 0 saturated heterocycles. The SMILES string of the molecule is COc1cc(/C=N\NC(=O)c2ccc(Cl)cc2Cl)cc(Br)c1OS(=O)(=O)c1ccc(NC(C)=O)cc1. The van der Waals surface area contributed by atoms with Crippen LogP contribution < -0.4 is 19.7 Å². The van der Waals surface area contributed by atoms with Gasteiger partial charge in [-0.15, -0.1) is 0 Å². The predicted molar refractivity (Wildman–Crippen MR) is 141 cm³/mol. The lowest BCUT2D eigenvalue weighted by atomic mass is 10.2. The molecule has 2 amide bonds. The zero-order valence-electron chi connectivity index (χ0n) is 18.7. The molecular weight excluding hydrogens is 597 g/mol. The first kappa shape index (κ1) is 27.5. The van der Waals surface area contributed by atoms with Gasteiger partial charge in [-0.3, -0.25) is 9.59 Å². The highest BCUT2D eigenvalue weighted by Crippen LogP contribution is 2.38. The molecule has 0 radical (unpaired) electrons. The molecule has 0 bridgehead atoms. The molecule has 0 unspecified atom stereocenters. The zero-order valence-corrected chi connectivity index (χ0v) is 22.6. The average molecular weight is 615 g/mol. The Bertz CT molecular complexity index is 1450.